The van der Waals surface area contributed by atoms with E-state index in [1.165, 1.54) is 13.2 Å². The van der Waals surface area contributed by atoms with Gasteiger partial charge in [0.2, 0.25) is 5.75 Å². The molecule has 14 heavy (non-hydrogen) atoms. The molecule has 0 aliphatic rings. The molecule has 6 heteroatoms. The van der Waals surface area contributed by atoms with E-state index in [1.54, 1.807) is 7.05 Å². The van der Waals surface area contributed by atoms with Gasteiger partial charge in [0.1, 0.15) is 0 Å². The number of anilines is 1. The zero-order chi connectivity index (χ0) is 10.7. The molecule has 0 aliphatic carbocycles. The van der Waals surface area contributed by atoms with Crippen molar-refractivity contribution in [3.05, 3.63) is 22.2 Å². The Labute approximate surface area is 79.7 Å². The molecule has 76 valence electrons. The van der Waals surface area contributed by atoms with Gasteiger partial charge in [-0.3, -0.25) is 4.79 Å². The van der Waals surface area contributed by atoms with Crippen molar-refractivity contribution in [2.45, 2.75) is 0 Å². The third-order valence-electron chi connectivity index (χ3n) is 1.62. The Morgan fingerprint density at radius 1 is 1.64 bits per heavy atom. The minimum atomic E-state index is -0.804. The van der Waals surface area contributed by atoms with Crippen LogP contribution in [0.25, 0.3) is 0 Å². The van der Waals surface area contributed by atoms with Crippen molar-refractivity contribution in [1.82, 2.24) is 0 Å². The van der Waals surface area contributed by atoms with Crippen molar-refractivity contribution < 1.29 is 13.9 Å². The van der Waals surface area contributed by atoms with Crippen molar-refractivity contribution in [3.63, 3.8) is 0 Å². The van der Waals surface area contributed by atoms with E-state index in [1.807, 2.05) is 0 Å². The molecule has 0 aromatic carbocycles. The Balaban J connectivity index is 3.39. The lowest BCUT2D eigenvalue weighted by Crippen LogP contribution is -2.16. The van der Waals surface area contributed by atoms with Gasteiger partial charge in [-0.15, -0.1) is 0 Å². The van der Waals surface area contributed by atoms with Gasteiger partial charge in [-0.05, 0) is 0 Å². The number of carbonyl (C=O) groups excluding carboxylic acids is 1. The van der Waals surface area contributed by atoms with Gasteiger partial charge in [0.25, 0.3) is 5.91 Å². The maximum atomic E-state index is 11.2. The van der Waals surface area contributed by atoms with Gasteiger partial charge in [0, 0.05) is 13.1 Å². The van der Waals surface area contributed by atoms with Gasteiger partial charge >= 0.3 is 5.63 Å². The second-order valence-electron chi connectivity index (χ2n) is 2.46. The Morgan fingerprint density at radius 3 is 2.71 bits per heavy atom. The van der Waals surface area contributed by atoms with E-state index in [0.29, 0.717) is 5.69 Å². The second kappa shape index (κ2) is 3.82. The maximum absolute atomic E-state index is 11.2. The van der Waals surface area contributed by atoms with Gasteiger partial charge in [-0.1, -0.05) is 0 Å². The largest absolute Gasteiger partial charge is 0.488 e. The third-order valence-corrected chi connectivity index (χ3v) is 1.62. The summed E-state index contributed by atoms with van der Waals surface area (Å²) in [5.41, 5.74) is 4.57. The molecule has 0 fully saturated rings. The lowest BCUT2D eigenvalue weighted by molar-refractivity contribution is 0.0969. The Morgan fingerprint density at radius 2 is 2.29 bits per heavy atom. The minimum Gasteiger partial charge on any atom is -0.488 e. The summed E-state index contributed by atoms with van der Waals surface area (Å²) in [6, 6.07) is 1.31. The quantitative estimate of drug-likeness (QED) is 0.700. The average Bonchev–Trinajstić information content (AvgIpc) is 2.16. The van der Waals surface area contributed by atoms with Gasteiger partial charge in [0.05, 0.1) is 12.8 Å². The number of methoxy groups -OCH3 is 1. The lowest BCUT2D eigenvalue weighted by atomic mass is 10.3. The van der Waals surface area contributed by atoms with Crippen LogP contribution < -0.4 is 21.4 Å². The van der Waals surface area contributed by atoms with Gasteiger partial charge in [0.15, 0.2) is 5.76 Å². The van der Waals surface area contributed by atoms with E-state index in [0.717, 1.165) is 0 Å². The van der Waals surface area contributed by atoms with Crippen LogP contribution in [0.2, 0.25) is 0 Å². The predicted octanol–water partition coefficient (Wildman–Crippen LogP) is -0.211. The van der Waals surface area contributed by atoms with Crippen molar-refractivity contribution in [3.8, 4) is 5.75 Å². The topological polar surface area (TPSA) is 94.6 Å². The van der Waals surface area contributed by atoms with E-state index >= 15 is 0 Å². The Hall–Kier alpha value is -1.98. The first-order chi connectivity index (χ1) is 6.60. The lowest BCUT2D eigenvalue weighted by Gasteiger charge is -2.06. The summed E-state index contributed by atoms with van der Waals surface area (Å²) in [7, 11) is 2.92. The van der Waals surface area contributed by atoms with E-state index in [2.05, 4.69) is 9.73 Å². The molecule has 0 saturated heterocycles. The van der Waals surface area contributed by atoms with Crippen LogP contribution in [0.3, 0.4) is 0 Å². The molecule has 0 aliphatic heterocycles. The SMILES string of the molecule is CNc1cc(C(N)=O)oc(=O)c1OC. The first-order valence-corrected chi connectivity index (χ1v) is 3.79. The third kappa shape index (κ3) is 1.68. The highest BCUT2D eigenvalue weighted by atomic mass is 16.5. The fourth-order valence-corrected chi connectivity index (χ4v) is 0.983. The molecular weight excluding hydrogens is 188 g/mol. The van der Waals surface area contributed by atoms with Crippen LogP contribution in [0.15, 0.2) is 15.3 Å². The molecule has 1 rings (SSSR count). The van der Waals surface area contributed by atoms with E-state index in [-0.39, 0.29) is 11.5 Å². The predicted molar refractivity (Wildman–Crippen MR) is 49.6 cm³/mol. The summed E-state index contributed by atoms with van der Waals surface area (Å²) in [4.78, 5) is 22.0. The van der Waals surface area contributed by atoms with Crippen molar-refractivity contribution in [1.29, 1.82) is 0 Å². The first-order valence-electron chi connectivity index (χ1n) is 3.79. The van der Waals surface area contributed by atoms with Gasteiger partial charge in [-0.2, -0.15) is 0 Å². The molecule has 1 heterocycles. The van der Waals surface area contributed by atoms with Gasteiger partial charge in [-0.25, -0.2) is 4.79 Å². The normalized spacial score (nSPS) is 9.57. The molecule has 3 N–H and O–H groups in total. The van der Waals surface area contributed by atoms with E-state index in [9.17, 15) is 9.59 Å². The highest BCUT2D eigenvalue weighted by molar-refractivity contribution is 5.91. The number of hydrogen-bond acceptors (Lipinski definition) is 5. The summed E-state index contributed by atoms with van der Waals surface area (Å²) >= 11 is 0. The molecule has 0 radical (unpaired) electrons. The van der Waals surface area contributed by atoms with Crippen molar-refractivity contribution in [2.75, 3.05) is 19.5 Å². The second-order valence-corrected chi connectivity index (χ2v) is 2.46. The average molecular weight is 198 g/mol. The summed E-state index contributed by atoms with van der Waals surface area (Å²) in [5, 5.41) is 2.69. The zero-order valence-corrected chi connectivity index (χ0v) is 7.79. The summed E-state index contributed by atoms with van der Waals surface area (Å²) in [6.45, 7) is 0. The molecular formula is C8H10N2O4. The van der Waals surface area contributed by atoms with Crippen LogP contribution in [-0.4, -0.2) is 20.1 Å². The summed E-state index contributed by atoms with van der Waals surface area (Å²) in [6.07, 6.45) is 0. The minimum absolute atomic E-state index is 0.0116. The van der Waals surface area contributed by atoms with Gasteiger partial charge < -0.3 is 20.2 Å². The summed E-state index contributed by atoms with van der Waals surface area (Å²) in [5.74, 6) is -1.00. The Bertz CT molecular complexity index is 410. The number of primary amides is 1. The number of nitrogens with two attached hydrogens (primary N) is 1. The number of ether oxygens (including phenoxy) is 1. The van der Waals surface area contributed by atoms with E-state index < -0.39 is 11.5 Å². The van der Waals surface area contributed by atoms with Crippen LogP contribution >= 0.6 is 0 Å². The molecule has 1 aromatic rings. The molecule has 1 aromatic heterocycles. The number of hydrogen-bond donors (Lipinski definition) is 2. The van der Waals surface area contributed by atoms with Crippen LogP contribution in [0, 0.1) is 0 Å². The Kier molecular flexibility index (Phi) is 2.76. The standard InChI is InChI=1S/C8H10N2O4/c1-10-4-3-5(7(9)11)14-8(12)6(4)13-2/h3,10H,1-2H3,(H2,9,11). The maximum Gasteiger partial charge on any atom is 0.381 e. The molecule has 1 amide bonds. The number of amides is 1. The zero-order valence-electron chi connectivity index (χ0n) is 7.79. The molecule has 0 bridgehead atoms. The van der Waals surface area contributed by atoms with Crippen LogP contribution in [-0.2, 0) is 0 Å². The van der Waals surface area contributed by atoms with Crippen LogP contribution in [0.4, 0.5) is 5.69 Å². The molecule has 6 nitrogen and oxygen atoms in total. The van der Waals surface area contributed by atoms with Crippen molar-refractivity contribution >= 4 is 11.6 Å². The molecule has 0 spiro atoms. The first kappa shape index (κ1) is 10.1. The summed E-state index contributed by atoms with van der Waals surface area (Å²) < 4.78 is 9.39. The number of rotatable bonds is 3. The van der Waals surface area contributed by atoms with Crippen LogP contribution in [0.1, 0.15) is 10.6 Å². The van der Waals surface area contributed by atoms with E-state index in [4.69, 9.17) is 10.5 Å². The molecule has 0 unspecified atom stereocenters. The van der Waals surface area contributed by atoms with Crippen LogP contribution in [0.5, 0.6) is 5.75 Å². The smallest absolute Gasteiger partial charge is 0.381 e. The highest BCUT2D eigenvalue weighted by Gasteiger charge is 2.13. The molecule has 0 atom stereocenters. The number of carbonyl (C=O) groups is 1. The van der Waals surface area contributed by atoms with Crippen molar-refractivity contribution in [2.24, 2.45) is 5.73 Å². The number of nitrogens with one attached hydrogen (secondary N) is 1. The fraction of sp³-hybridized carbons (Fsp3) is 0.250. The monoisotopic (exact) mass is 198 g/mol. The molecule has 0 saturated carbocycles. The highest BCUT2D eigenvalue weighted by Crippen LogP contribution is 2.19. The fourth-order valence-electron chi connectivity index (χ4n) is 0.983.